The number of piperazine rings is 1. The minimum atomic E-state index is 0.687. The predicted octanol–water partition coefficient (Wildman–Crippen LogP) is 4.20. The van der Waals surface area contributed by atoms with Crippen molar-refractivity contribution in [2.24, 2.45) is 0 Å². The molecule has 156 valence electrons. The van der Waals surface area contributed by atoms with E-state index in [4.69, 9.17) is 4.74 Å². The van der Waals surface area contributed by atoms with Crippen LogP contribution in [0.15, 0.2) is 53.4 Å². The standard InChI is InChI=1S/C24H33N3OS/c1-28-24-11-4-3-10-23(24)27-15-13-26(14-16-27)21-8-6-12-25(19-21)18-20-7-5-9-22(17-20)29-2/h3-5,7,9-11,17,21H,6,8,12-16,18-19H2,1-2H3/t21-/m1/s1. The monoisotopic (exact) mass is 411 g/mol. The molecule has 0 radical (unpaired) electrons. The summed E-state index contributed by atoms with van der Waals surface area (Å²) >= 11 is 1.83. The Hall–Kier alpha value is -1.69. The molecule has 0 aliphatic carbocycles. The molecule has 0 bridgehead atoms. The number of methoxy groups -OCH3 is 1. The number of hydrogen-bond donors (Lipinski definition) is 0. The lowest BCUT2D eigenvalue weighted by molar-refractivity contribution is 0.0887. The Balaban J connectivity index is 1.32. The van der Waals surface area contributed by atoms with Gasteiger partial charge in [-0.2, -0.15) is 0 Å². The first-order valence-corrected chi connectivity index (χ1v) is 12.0. The molecule has 2 aromatic rings. The van der Waals surface area contributed by atoms with Crippen molar-refractivity contribution in [2.75, 3.05) is 57.5 Å². The van der Waals surface area contributed by atoms with Gasteiger partial charge in [0.05, 0.1) is 12.8 Å². The van der Waals surface area contributed by atoms with Crippen molar-refractivity contribution < 1.29 is 4.74 Å². The average Bonchev–Trinajstić information content (AvgIpc) is 2.79. The first-order chi connectivity index (χ1) is 14.3. The van der Waals surface area contributed by atoms with E-state index in [0.717, 1.165) is 38.5 Å². The molecule has 4 rings (SSSR count). The van der Waals surface area contributed by atoms with Crippen molar-refractivity contribution in [3.63, 3.8) is 0 Å². The maximum absolute atomic E-state index is 5.57. The molecule has 0 saturated carbocycles. The number of nitrogens with zero attached hydrogens (tertiary/aromatic N) is 3. The molecule has 4 nitrogen and oxygen atoms in total. The van der Waals surface area contributed by atoms with Crippen LogP contribution in [-0.2, 0) is 6.54 Å². The van der Waals surface area contributed by atoms with Gasteiger partial charge in [-0.15, -0.1) is 11.8 Å². The molecule has 5 heteroatoms. The number of anilines is 1. The third-order valence-corrected chi connectivity index (χ3v) is 7.00. The van der Waals surface area contributed by atoms with E-state index < -0.39 is 0 Å². The zero-order chi connectivity index (χ0) is 20.1. The van der Waals surface area contributed by atoms with E-state index in [9.17, 15) is 0 Å². The van der Waals surface area contributed by atoms with Gasteiger partial charge < -0.3 is 9.64 Å². The van der Waals surface area contributed by atoms with Gasteiger partial charge in [0.25, 0.3) is 0 Å². The summed E-state index contributed by atoms with van der Waals surface area (Å²) in [5.74, 6) is 0.984. The highest BCUT2D eigenvalue weighted by Crippen LogP contribution is 2.29. The number of rotatable bonds is 6. The van der Waals surface area contributed by atoms with Gasteiger partial charge in [0.1, 0.15) is 5.75 Å². The summed E-state index contributed by atoms with van der Waals surface area (Å²) in [6, 6.07) is 18.1. The van der Waals surface area contributed by atoms with E-state index >= 15 is 0 Å². The normalized spacial score (nSPS) is 21.3. The molecule has 0 unspecified atom stereocenters. The number of benzene rings is 2. The minimum Gasteiger partial charge on any atom is -0.495 e. The van der Waals surface area contributed by atoms with Crippen LogP contribution in [0.1, 0.15) is 18.4 Å². The summed E-state index contributed by atoms with van der Waals surface area (Å²) in [4.78, 5) is 9.21. The molecule has 0 amide bonds. The fourth-order valence-electron chi connectivity index (χ4n) is 4.72. The van der Waals surface area contributed by atoms with Gasteiger partial charge in [-0.05, 0) is 55.5 Å². The van der Waals surface area contributed by atoms with E-state index in [2.05, 4.69) is 63.4 Å². The first kappa shape index (κ1) is 20.6. The summed E-state index contributed by atoms with van der Waals surface area (Å²) in [6.07, 6.45) is 4.79. The van der Waals surface area contributed by atoms with Crippen molar-refractivity contribution in [1.82, 2.24) is 9.80 Å². The predicted molar refractivity (Wildman–Crippen MR) is 123 cm³/mol. The van der Waals surface area contributed by atoms with E-state index in [1.54, 1.807) is 7.11 Å². The topological polar surface area (TPSA) is 19.0 Å². The Morgan fingerprint density at radius 3 is 2.62 bits per heavy atom. The highest BCUT2D eigenvalue weighted by Gasteiger charge is 2.28. The lowest BCUT2D eigenvalue weighted by Gasteiger charge is -2.44. The number of para-hydroxylation sites is 2. The fraction of sp³-hybridized carbons (Fsp3) is 0.500. The van der Waals surface area contributed by atoms with E-state index in [1.807, 2.05) is 17.8 Å². The second-order valence-corrected chi connectivity index (χ2v) is 8.96. The maximum atomic E-state index is 5.57. The summed E-state index contributed by atoms with van der Waals surface area (Å²) in [5.41, 5.74) is 2.67. The second kappa shape index (κ2) is 9.88. The molecule has 2 saturated heterocycles. The Morgan fingerprint density at radius 2 is 1.83 bits per heavy atom. The van der Waals surface area contributed by atoms with Crippen LogP contribution in [0, 0.1) is 0 Å². The molecule has 2 fully saturated rings. The van der Waals surface area contributed by atoms with E-state index in [-0.39, 0.29) is 0 Å². The molecule has 2 aliphatic rings. The van der Waals surface area contributed by atoms with Crippen molar-refractivity contribution in [3.8, 4) is 5.75 Å². The molecule has 1 atom stereocenters. The van der Waals surface area contributed by atoms with Crippen LogP contribution in [0.5, 0.6) is 5.75 Å². The van der Waals surface area contributed by atoms with Crippen LogP contribution in [0.3, 0.4) is 0 Å². The maximum Gasteiger partial charge on any atom is 0.142 e. The minimum absolute atomic E-state index is 0.687. The zero-order valence-electron chi connectivity index (χ0n) is 17.7. The lowest BCUT2D eigenvalue weighted by atomic mass is 10.0. The Kier molecular flexibility index (Phi) is 7.01. The second-order valence-electron chi connectivity index (χ2n) is 8.08. The van der Waals surface area contributed by atoms with Crippen LogP contribution in [0.25, 0.3) is 0 Å². The summed E-state index contributed by atoms with van der Waals surface area (Å²) in [7, 11) is 1.76. The van der Waals surface area contributed by atoms with Gasteiger partial charge in [0.15, 0.2) is 0 Å². The highest BCUT2D eigenvalue weighted by atomic mass is 32.2. The van der Waals surface area contributed by atoms with Crippen LogP contribution in [0.2, 0.25) is 0 Å². The smallest absolute Gasteiger partial charge is 0.142 e. The zero-order valence-corrected chi connectivity index (χ0v) is 18.5. The summed E-state index contributed by atoms with van der Waals surface area (Å²) in [5, 5.41) is 0. The number of thioether (sulfide) groups is 1. The molecule has 2 aromatic carbocycles. The number of piperidine rings is 1. The summed E-state index contributed by atoms with van der Waals surface area (Å²) < 4.78 is 5.57. The lowest BCUT2D eigenvalue weighted by Crippen LogP contribution is -2.55. The van der Waals surface area contributed by atoms with Gasteiger partial charge in [-0.1, -0.05) is 24.3 Å². The van der Waals surface area contributed by atoms with Crippen LogP contribution >= 0.6 is 11.8 Å². The van der Waals surface area contributed by atoms with Gasteiger partial charge in [0, 0.05) is 50.2 Å². The quantitative estimate of drug-likeness (QED) is 0.661. The first-order valence-electron chi connectivity index (χ1n) is 10.7. The molecule has 0 N–H and O–H groups in total. The van der Waals surface area contributed by atoms with Crippen molar-refractivity contribution >= 4 is 17.4 Å². The highest BCUT2D eigenvalue weighted by molar-refractivity contribution is 7.98. The molecule has 0 aromatic heterocycles. The Morgan fingerprint density at radius 1 is 1.00 bits per heavy atom. The van der Waals surface area contributed by atoms with Crippen molar-refractivity contribution in [3.05, 3.63) is 54.1 Å². The fourth-order valence-corrected chi connectivity index (χ4v) is 5.20. The molecule has 2 aliphatic heterocycles. The molecule has 29 heavy (non-hydrogen) atoms. The van der Waals surface area contributed by atoms with Gasteiger partial charge in [0.2, 0.25) is 0 Å². The largest absolute Gasteiger partial charge is 0.495 e. The average molecular weight is 412 g/mol. The third kappa shape index (κ3) is 5.08. The SMILES string of the molecule is COc1ccccc1N1CCN([C@@H]2CCCN(Cc3cccc(SC)c3)C2)CC1. The Bertz CT molecular complexity index is 791. The number of hydrogen-bond acceptors (Lipinski definition) is 5. The van der Waals surface area contributed by atoms with Gasteiger partial charge >= 0.3 is 0 Å². The number of likely N-dealkylation sites (tertiary alicyclic amines) is 1. The van der Waals surface area contributed by atoms with Crippen LogP contribution < -0.4 is 9.64 Å². The molecular weight excluding hydrogens is 378 g/mol. The third-order valence-electron chi connectivity index (χ3n) is 6.28. The molecule has 0 spiro atoms. The number of ether oxygens (including phenoxy) is 1. The van der Waals surface area contributed by atoms with Crippen molar-refractivity contribution in [2.45, 2.75) is 30.3 Å². The Labute approximate surface area is 179 Å². The molecule has 2 heterocycles. The van der Waals surface area contributed by atoms with Crippen LogP contribution in [0.4, 0.5) is 5.69 Å². The van der Waals surface area contributed by atoms with E-state index in [0.29, 0.717) is 6.04 Å². The van der Waals surface area contributed by atoms with Gasteiger partial charge in [-0.3, -0.25) is 9.80 Å². The van der Waals surface area contributed by atoms with Crippen molar-refractivity contribution in [1.29, 1.82) is 0 Å². The summed E-state index contributed by atoms with van der Waals surface area (Å²) in [6.45, 7) is 7.92. The van der Waals surface area contributed by atoms with Crippen LogP contribution in [-0.4, -0.2) is 68.5 Å². The van der Waals surface area contributed by atoms with Gasteiger partial charge in [-0.25, -0.2) is 0 Å². The molecular formula is C24H33N3OS. The van der Waals surface area contributed by atoms with E-state index in [1.165, 1.54) is 42.1 Å².